The van der Waals surface area contributed by atoms with Gasteiger partial charge in [-0.3, -0.25) is 9.35 Å². The third-order valence-corrected chi connectivity index (χ3v) is 6.00. The molecule has 3 rings (SSSR count). The number of carbonyl (C=O) groups excluding carboxylic acids is 1. The summed E-state index contributed by atoms with van der Waals surface area (Å²) >= 11 is 3.47. The molecule has 2 aromatic rings. The number of aryl methyl sites for hydroxylation is 1. The van der Waals surface area contributed by atoms with E-state index in [0.29, 0.717) is 12.2 Å². The van der Waals surface area contributed by atoms with Gasteiger partial charge in [-0.05, 0) is 37.1 Å². The van der Waals surface area contributed by atoms with Crippen molar-refractivity contribution in [2.24, 2.45) is 0 Å². The summed E-state index contributed by atoms with van der Waals surface area (Å²) in [6.45, 7) is 2.84. The minimum atomic E-state index is -4.03. The molecular formula is C19H22BrNO5S. The van der Waals surface area contributed by atoms with Crippen LogP contribution in [0.3, 0.4) is 0 Å². The number of carbonyl (C=O) groups is 1. The Labute approximate surface area is 167 Å². The Morgan fingerprint density at radius 1 is 1.19 bits per heavy atom. The number of alkyl halides is 1. The first kappa shape index (κ1) is 21.6. The fourth-order valence-corrected chi connectivity index (χ4v) is 3.92. The SMILES string of the molecule is Cc1ccccc1S(=O)(=O)O.O=C(OCc1ccccc1)[C@H]1NCCC1Br. The fraction of sp³-hybridized carbons (Fsp3) is 0.316. The highest BCUT2D eigenvalue weighted by Gasteiger charge is 2.31. The van der Waals surface area contributed by atoms with Crippen LogP contribution in [0.5, 0.6) is 0 Å². The summed E-state index contributed by atoms with van der Waals surface area (Å²) in [5, 5.41) is 3.12. The third-order valence-electron chi connectivity index (χ3n) is 4.00. The van der Waals surface area contributed by atoms with Crippen LogP contribution in [0.2, 0.25) is 0 Å². The van der Waals surface area contributed by atoms with E-state index < -0.39 is 10.1 Å². The maximum atomic E-state index is 11.7. The molecule has 0 aromatic heterocycles. The molecule has 6 nitrogen and oxygen atoms in total. The molecule has 0 aliphatic carbocycles. The molecule has 1 unspecified atom stereocenters. The van der Waals surface area contributed by atoms with Crippen molar-refractivity contribution in [1.29, 1.82) is 0 Å². The highest BCUT2D eigenvalue weighted by atomic mass is 79.9. The lowest BCUT2D eigenvalue weighted by molar-refractivity contribution is -0.146. The highest BCUT2D eigenvalue weighted by molar-refractivity contribution is 9.09. The smallest absolute Gasteiger partial charge is 0.324 e. The van der Waals surface area contributed by atoms with Crippen LogP contribution in [0, 0.1) is 6.92 Å². The van der Waals surface area contributed by atoms with E-state index in [4.69, 9.17) is 9.29 Å². The van der Waals surface area contributed by atoms with Gasteiger partial charge in [-0.2, -0.15) is 8.42 Å². The largest absolute Gasteiger partial charge is 0.460 e. The maximum Gasteiger partial charge on any atom is 0.324 e. The predicted octanol–water partition coefficient (Wildman–Crippen LogP) is 3.10. The minimum Gasteiger partial charge on any atom is -0.460 e. The van der Waals surface area contributed by atoms with E-state index in [9.17, 15) is 13.2 Å². The lowest BCUT2D eigenvalue weighted by atomic mass is 10.2. The number of nitrogens with one attached hydrogen (secondary N) is 1. The molecule has 27 heavy (non-hydrogen) atoms. The van der Waals surface area contributed by atoms with Crippen LogP contribution < -0.4 is 5.32 Å². The Hall–Kier alpha value is -1.74. The van der Waals surface area contributed by atoms with Crippen LogP contribution in [0.1, 0.15) is 17.5 Å². The average Bonchev–Trinajstić information content (AvgIpc) is 3.07. The van der Waals surface area contributed by atoms with Gasteiger partial charge < -0.3 is 10.1 Å². The van der Waals surface area contributed by atoms with Gasteiger partial charge in [0, 0.05) is 4.83 Å². The normalized spacial score (nSPS) is 19.1. The van der Waals surface area contributed by atoms with Crippen LogP contribution in [-0.4, -0.2) is 36.4 Å². The average molecular weight is 456 g/mol. The van der Waals surface area contributed by atoms with Gasteiger partial charge in [-0.25, -0.2) is 0 Å². The molecule has 0 bridgehead atoms. The first-order chi connectivity index (χ1) is 12.8. The molecule has 1 aliphatic heterocycles. The molecule has 0 spiro atoms. The van der Waals surface area contributed by atoms with Gasteiger partial charge in [0.2, 0.25) is 0 Å². The van der Waals surface area contributed by atoms with Crippen LogP contribution in [-0.2, 0) is 26.3 Å². The van der Waals surface area contributed by atoms with Gasteiger partial charge in [0.05, 0.1) is 4.90 Å². The highest BCUT2D eigenvalue weighted by Crippen LogP contribution is 2.17. The predicted molar refractivity (Wildman–Crippen MR) is 106 cm³/mol. The van der Waals surface area contributed by atoms with E-state index >= 15 is 0 Å². The Morgan fingerprint density at radius 3 is 2.33 bits per heavy atom. The summed E-state index contributed by atoms with van der Waals surface area (Å²) in [5.41, 5.74) is 1.56. The van der Waals surface area contributed by atoms with E-state index in [-0.39, 0.29) is 21.7 Å². The molecule has 146 valence electrons. The topological polar surface area (TPSA) is 92.7 Å². The molecule has 1 saturated heterocycles. The van der Waals surface area contributed by atoms with E-state index in [1.165, 1.54) is 6.07 Å². The maximum absolute atomic E-state index is 11.7. The first-order valence-electron chi connectivity index (χ1n) is 8.40. The second kappa shape index (κ2) is 9.98. The lowest BCUT2D eigenvalue weighted by Crippen LogP contribution is -2.37. The lowest BCUT2D eigenvalue weighted by Gasteiger charge is -2.13. The Morgan fingerprint density at radius 2 is 1.81 bits per heavy atom. The number of hydrogen-bond acceptors (Lipinski definition) is 5. The second-order valence-corrected chi connectivity index (χ2v) is 8.64. The van der Waals surface area contributed by atoms with E-state index in [1.54, 1.807) is 25.1 Å². The molecule has 2 aromatic carbocycles. The molecule has 0 saturated carbocycles. The summed E-state index contributed by atoms with van der Waals surface area (Å²) < 4.78 is 35.1. The van der Waals surface area contributed by atoms with Gasteiger partial charge >= 0.3 is 5.97 Å². The third kappa shape index (κ3) is 6.73. The molecule has 8 heteroatoms. The van der Waals surface area contributed by atoms with Gasteiger partial charge in [0.15, 0.2) is 0 Å². The fourth-order valence-electron chi connectivity index (χ4n) is 2.57. The molecule has 2 N–H and O–H groups in total. The molecule has 1 fully saturated rings. The summed E-state index contributed by atoms with van der Waals surface area (Å²) in [5.74, 6) is -0.178. The van der Waals surface area contributed by atoms with Gasteiger partial charge in [0.25, 0.3) is 10.1 Å². The van der Waals surface area contributed by atoms with Crippen molar-refractivity contribution in [2.45, 2.75) is 35.7 Å². The zero-order valence-electron chi connectivity index (χ0n) is 14.8. The number of halogens is 1. The summed E-state index contributed by atoms with van der Waals surface area (Å²) in [6.07, 6.45) is 0.963. The van der Waals surface area contributed by atoms with E-state index in [0.717, 1.165) is 18.5 Å². The van der Waals surface area contributed by atoms with Gasteiger partial charge in [-0.15, -0.1) is 0 Å². The molecular weight excluding hydrogens is 434 g/mol. The monoisotopic (exact) mass is 455 g/mol. The van der Waals surface area contributed by atoms with Crippen molar-refractivity contribution in [2.75, 3.05) is 6.54 Å². The number of esters is 1. The summed E-state index contributed by atoms with van der Waals surface area (Å²) in [4.78, 5) is 11.9. The standard InChI is InChI=1S/C12H14BrNO2.C7H8O3S/c13-10-6-7-14-11(10)12(15)16-8-9-4-2-1-3-5-9;1-6-4-2-3-5-7(6)11(8,9)10/h1-5,10-11,14H,6-8H2;2-5H,1H3,(H,8,9,10)/t10?,11-;/m0./s1. The second-order valence-electron chi connectivity index (χ2n) is 6.07. The molecule has 0 radical (unpaired) electrons. The molecule has 1 heterocycles. The van der Waals surface area contributed by atoms with Crippen LogP contribution in [0.25, 0.3) is 0 Å². The summed E-state index contributed by atoms with van der Waals surface area (Å²) in [7, 11) is -4.03. The van der Waals surface area contributed by atoms with Crippen LogP contribution in [0.4, 0.5) is 0 Å². The Balaban J connectivity index is 0.000000208. The van der Waals surface area contributed by atoms with Gasteiger partial charge in [0.1, 0.15) is 12.6 Å². The quantitative estimate of drug-likeness (QED) is 0.417. The van der Waals surface area contributed by atoms with Crippen molar-refractivity contribution in [1.82, 2.24) is 5.32 Å². The van der Waals surface area contributed by atoms with E-state index in [2.05, 4.69) is 21.2 Å². The number of rotatable bonds is 4. The zero-order chi connectivity index (χ0) is 19.9. The Bertz CT molecular complexity index is 857. The minimum absolute atomic E-state index is 0.0278. The van der Waals surface area contributed by atoms with E-state index in [1.807, 2.05) is 30.3 Å². The molecule has 2 atom stereocenters. The van der Waals surface area contributed by atoms with Crippen LogP contribution >= 0.6 is 15.9 Å². The first-order valence-corrected chi connectivity index (χ1v) is 10.8. The summed E-state index contributed by atoms with van der Waals surface area (Å²) in [6, 6.07) is 15.8. The van der Waals surface area contributed by atoms with Crippen molar-refractivity contribution in [3.8, 4) is 0 Å². The van der Waals surface area contributed by atoms with Crippen molar-refractivity contribution in [3.05, 3.63) is 65.7 Å². The molecule has 0 amide bonds. The van der Waals surface area contributed by atoms with Crippen LogP contribution in [0.15, 0.2) is 59.5 Å². The van der Waals surface area contributed by atoms with Gasteiger partial charge in [-0.1, -0.05) is 64.5 Å². The van der Waals surface area contributed by atoms with Crippen molar-refractivity contribution < 1.29 is 22.5 Å². The van der Waals surface area contributed by atoms with Crippen molar-refractivity contribution >= 4 is 32.0 Å². The molecule has 1 aliphatic rings. The number of ether oxygens (including phenoxy) is 1. The number of benzene rings is 2. The van der Waals surface area contributed by atoms with Crippen molar-refractivity contribution in [3.63, 3.8) is 0 Å². The number of hydrogen-bond donors (Lipinski definition) is 2. The zero-order valence-corrected chi connectivity index (χ0v) is 17.2. The Kier molecular flexibility index (Phi) is 7.97.